The predicted molar refractivity (Wildman–Crippen MR) is 47.8 cm³/mol. The molecule has 1 fully saturated rings. The van der Waals surface area contributed by atoms with Crippen LogP contribution in [0.4, 0.5) is 0 Å². The van der Waals surface area contributed by atoms with E-state index in [9.17, 15) is 9.90 Å². The Morgan fingerprint density at radius 3 is 2.58 bits per heavy atom. The van der Waals surface area contributed by atoms with Crippen molar-refractivity contribution in [2.24, 2.45) is 11.8 Å². The molecular formula is C10H18O2. The molecule has 0 aliphatic heterocycles. The quantitative estimate of drug-likeness (QED) is 0.651. The highest BCUT2D eigenvalue weighted by molar-refractivity contribution is 5.79. The Labute approximate surface area is 74.0 Å². The molecule has 0 saturated heterocycles. The first-order valence-corrected chi connectivity index (χ1v) is 4.67. The maximum absolute atomic E-state index is 11.2. The summed E-state index contributed by atoms with van der Waals surface area (Å²) in [7, 11) is 0. The second-order valence-corrected chi connectivity index (χ2v) is 4.45. The van der Waals surface area contributed by atoms with Gasteiger partial charge in [0.2, 0.25) is 0 Å². The van der Waals surface area contributed by atoms with E-state index in [1.165, 1.54) is 0 Å². The standard InChI is InChI=1S/C10H18O2/c1-7(2)9-6-8(11)4-5-10(9,3)12/h7,9,12H,4-6H2,1-3H3/t9-,10+/m1/s1. The normalized spacial score (nSPS) is 37.4. The number of carbonyl (C=O) groups is 1. The minimum atomic E-state index is -0.623. The number of ketones is 1. The van der Waals surface area contributed by atoms with Crippen LogP contribution in [0.5, 0.6) is 0 Å². The van der Waals surface area contributed by atoms with Crippen molar-refractivity contribution in [2.45, 2.75) is 45.6 Å². The SMILES string of the molecule is CC(C)[C@H]1CC(=O)CC[C@]1(C)O. The predicted octanol–water partition coefficient (Wildman–Crippen LogP) is 1.76. The Balaban J connectivity index is 2.72. The second-order valence-electron chi connectivity index (χ2n) is 4.45. The summed E-state index contributed by atoms with van der Waals surface area (Å²) in [6, 6.07) is 0. The third kappa shape index (κ3) is 1.86. The van der Waals surface area contributed by atoms with E-state index in [4.69, 9.17) is 0 Å². The van der Waals surface area contributed by atoms with Gasteiger partial charge in [0.15, 0.2) is 0 Å². The molecule has 0 unspecified atom stereocenters. The van der Waals surface area contributed by atoms with E-state index in [-0.39, 0.29) is 5.92 Å². The van der Waals surface area contributed by atoms with Gasteiger partial charge in [-0.05, 0) is 25.2 Å². The van der Waals surface area contributed by atoms with Crippen molar-refractivity contribution in [3.05, 3.63) is 0 Å². The third-order valence-electron chi connectivity index (χ3n) is 2.96. The summed E-state index contributed by atoms with van der Waals surface area (Å²) in [5, 5.41) is 9.97. The minimum Gasteiger partial charge on any atom is -0.390 e. The molecule has 0 aromatic carbocycles. The first kappa shape index (κ1) is 9.72. The van der Waals surface area contributed by atoms with Gasteiger partial charge in [-0.15, -0.1) is 0 Å². The lowest BCUT2D eigenvalue weighted by atomic mass is 9.71. The summed E-state index contributed by atoms with van der Waals surface area (Å²) in [6.07, 6.45) is 1.75. The minimum absolute atomic E-state index is 0.152. The summed E-state index contributed by atoms with van der Waals surface area (Å²) in [6.45, 7) is 5.99. The number of aliphatic hydroxyl groups is 1. The smallest absolute Gasteiger partial charge is 0.133 e. The molecule has 0 bridgehead atoms. The Morgan fingerprint density at radius 2 is 2.17 bits per heavy atom. The maximum Gasteiger partial charge on any atom is 0.133 e. The molecule has 0 aromatic rings. The fourth-order valence-corrected chi connectivity index (χ4v) is 2.10. The van der Waals surface area contributed by atoms with Crippen LogP contribution in [0.15, 0.2) is 0 Å². The summed E-state index contributed by atoms with van der Waals surface area (Å²) in [4.78, 5) is 11.2. The highest BCUT2D eigenvalue weighted by atomic mass is 16.3. The molecule has 2 nitrogen and oxygen atoms in total. The number of carbonyl (C=O) groups excluding carboxylic acids is 1. The zero-order valence-electron chi connectivity index (χ0n) is 8.13. The molecule has 0 amide bonds. The number of hydrogen-bond donors (Lipinski definition) is 1. The third-order valence-corrected chi connectivity index (χ3v) is 2.96. The number of hydrogen-bond acceptors (Lipinski definition) is 2. The van der Waals surface area contributed by atoms with Gasteiger partial charge in [-0.2, -0.15) is 0 Å². The summed E-state index contributed by atoms with van der Waals surface area (Å²) in [5.41, 5.74) is -0.623. The largest absolute Gasteiger partial charge is 0.390 e. The lowest BCUT2D eigenvalue weighted by Gasteiger charge is -2.38. The summed E-state index contributed by atoms with van der Waals surface area (Å²) < 4.78 is 0. The zero-order valence-corrected chi connectivity index (χ0v) is 8.13. The summed E-state index contributed by atoms with van der Waals surface area (Å²) >= 11 is 0. The van der Waals surface area contributed by atoms with Crippen LogP contribution in [0, 0.1) is 11.8 Å². The van der Waals surface area contributed by atoms with Crippen LogP contribution in [-0.2, 0) is 4.79 Å². The van der Waals surface area contributed by atoms with Gasteiger partial charge >= 0.3 is 0 Å². The van der Waals surface area contributed by atoms with E-state index in [2.05, 4.69) is 13.8 Å². The maximum atomic E-state index is 11.2. The van der Waals surface area contributed by atoms with Gasteiger partial charge in [0.1, 0.15) is 5.78 Å². The van der Waals surface area contributed by atoms with Crippen LogP contribution < -0.4 is 0 Å². The molecule has 0 aromatic heterocycles. The highest BCUT2D eigenvalue weighted by Gasteiger charge is 2.39. The van der Waals surface area contributed by atoms with Crippen LogP contribution in [0.1, 0.15) is 40.0 Å². The molecule has 1 saturated carbocycles. The monoisotopic (exact) mass is 170 g/mol. The summed E-state index contributed by atoms with van der Waals surface area (Å²) in [5.74, 6) is 0.850. The van der Waals surface area contributed by atoms with Gasteiger partial charge in [-0.1, -0.05) is 13.8 Å². The topological polar surface area (TPSA) is 37.3 Å². The Bertz CT molecular complexity index is 182. The molecule has 0 spiro atoms. The van der Waals surface area contributed by atoms with Crippen molar-refractivity contribution in [2.75, 3.05) is 0 Å². The first-order chi connectivity index (χ1) is 5.43. The Hall–Kier alpha value is -0.370. The van der Waals surface area contributed by atoms with E-state index >= 15 is 0 Å². The molecule has 12 heavy (non-hydrogen) atoms. The van der Waals surface area contributed by atoms with Crippen LogP contribution in [-0.4, -0.2) is 16.5 Å². The number of Topliss-reactive ketones (excluding diaryl/α,β-unsaturated/α-hetero) is 1. The van der Waals surface area contributed by atoms with Gasteiger partial charge in [0, 0.05) is 12.8 Å². The Morgan fingerprint density at radius 1 is 1.58 bits per heavy atom. The molecule has 0 heterocycles. The fourth-order valence-electron chi connectivity index (χ4n) is 2.10. The van der Waals surface area contributed by atoms with Crippen molar-refractivity contribution < 1.29 is 9.90 Å². The molecule has 2 heteroatoms. The van der Waals surface area contributed by atoms with Crippen molar-refractivity contribution in [1.82, 2.24) is 0 Å². The highest BCUT2D eigenvalue weighted by Crippen LogP contribution is 2.36. The average molecular weight is 170 g/mol. The molecule has 1 rings (SSSR count). The van der Waals surface area contributed by atoms with Crippen molar-refractivity contribution in [3.8, 4) is 0 Å². The van der Waals surface area contributed by atoms with E-state index in [0.29, 0.717) is 31.0 Å². The second kappa shape index (κ2) is 3.17. The van der Waals surface area contributed by atoms with Crippen molar-refractivity contribution >= 4 is 5.78 Å². The van der Waals surface area contributed by atoms with Crippen LogP contribution in [0.2, 0.25) is 0 Å². The van der Waals surface area contributed by atoms with Gasteiger partial charge in [0.05, 0.1) is 5.60 Å². The van der Waals surface area contributed by atoms with Crippen molar-refractivity contribution in [1.29, 1.82) is 0 Å². The van der Waals surface area contributed by atoms with Gasteiger partial charge in [0.25, 0.3) is 0 Å². The van der Waals surface area contributed by atoms with E-state index in [1.807, 2.05) is 6.92 Å². The molecule has 70 valence electrons. The van der Waals surface area contributed by atoms with Gasteiger partial charge in [-0.25, -0.2) is 0 Å². The van der Waals surface area contributed by atoms with Crippen molar-refractivity contribution in [3.63, 3.8) is 0 Å². The number of rotatable bonds is 1. The van der Waals surface area contributed by atoms with E-state index in [1.54, 1.807) is 0 Å². The van der Waals surface area contributed by atoms with Gasteiger partial charge in [-0.3, -0.25) is 4.79 Å². The fraction of sp³-hybridized carbons (Fsp3) is 0.900. The van der Waals surface area contributed by atoms with Crippen LogP contribution in [0.3, 0.4) is 0 Å². The molecule has 2 atom stereocenters. The molecule has 1 N–H and O–H groups in total. The van der Waals surface area contributed by atoms with E-state index in [0.717, 1.165) is 0 Å². The molecule has 1 aliphatic rings. The molecule has 0 radical (unpaired) electrons. The lowest BCUT2D eigenvalue weighted by Crippen LogP contribution is -2.43. The first-order valence-electron chi connectivity index (χ1n) is 4.67. The van der Waals surface area contributed by atoms with Crippen LogP contribution >= 0.6 is 0 Å². The zero-order chi connectivity index (χ0) is 9.35. The van der Waals surface area contributed by atoms with Crippen LogP contribution in [0.25, 0.3) is 0 Å². The molecular weight excluding hydrogens is 152 g/mol. The molecule has 1 aliphatic carbocycles. The van der Waals surface area contributed by atoms with E-state index < -0.39 is 5.60 Å². The van der Waals surface area contributed by atoms with Gasteiger partial charge < -0.3 is 5.11 Å². The Kier molecular flexibility index (Phi) is 2.57. The average Bonchev–Trinajstić information content (AvgIpc) is 1.94. The lowest BCUT2D eigenvalue weighted by molar-refractivity contribution is -0.131.